The molecule has 3 heteroatoms. The van der Waals surface area contributed by atoms with Crippen molar-refractivity contribution in [3.63, 3.8) is 0 Å². The summed E-state index contributed by atoms with van der Waals surface area (Å²) in [7, 11) is 0. The minimum Gasteiger partial charge on any atom is -0.344 e. The molecule has 2 aromatic carbocycles. The molecule has 4 rings (SSSR count). The first kappa shape index (κ1) is 14.4. The van der Waals surface area contributed by atoms with Crippen LogP contribution in [0.1, 0.15) is 23.7 Å². The van der Waals surface area contributed by atoms with Crippen molar-refractivity contribution in [3.8, 4) is 0 Å². The van der Waals surface area contributed by atoms with Crippen molar-refractivity contribution >= 4 is 10.8 Å². The van der Waals surface area contributed by atoms with Gasteiger partial charge >= 0.3 is 0 Å². The van der Waals surface area contributed by atoms with Gasteiger partial charge in [0.2, 0.25) is 0 Å². The van der Waals surface area contributed by atoms with E-state index in [4.69, 9.17) is 9.47 Å². The molecule has 0 radical (unpaired) electrons. The molecule has 2 heterocycles. The Labute approximate surface area is 135 Å². The summed E-state index contributed by atoms with van der Waals surface area (Å²) in [4.78, 5) is 4.57. The Bertz CT molecular complexity index is 820. The first-order valence-corrected chi connectivity index (χ1v) is 7.94. The summed E-state index contributed by atoms with van der Waals surface area (Å²) in [6.45, 7) is 3.28. The second-order valence-corrected chi connectivity index (χ2v) is 6.04. The second-order valence-electron chi connectivity index (χ2n) is 6.04. The quantitative estimate of drug-likeness (QED) is 0.731. The fourth-order valence-corrected chi connectivity index (χ4v) is 3.04. The van der Waals surface area contributed by atoms with Crippen molar-refractivity contribution in [2.45, 2.75) is 19.1 Å². The number of nitrogens with zero attached hydrogens (tertiary/aromatic N) is 1. The highest BCUT2D eigenvalue weighted by Gasteiger charge is 2.32. The largest absolute Gasteiger partial charge is 0.344 e. The van der Waals surface area contributed by atoms with Gasteiger partial charge in [-0.1, -0.05) is 48.5 Å². The zero-order chi connectivity index (χ0) is 15.7. The van der Waals surface area contributed by atoms with Crippen molar-refractivity contribution in [2.75, 3.05) is 13.2 Å². The molecule has 0 saturated carbocycles. The van der Waals surface area contributed by atoms with Crippen LogP contribution in [-0.4, -0.2) is 18.2 Å². The van der Waals surface area contributed by atoms with E-state index in [1.807, 2.05) is 19.2 Å². The fraction of sp³-hybridized carbons (Fsp3) is 0.250. The molecule has 3 aromatic rings. The van der Waals surface area contributed by atoms with Crippen molar-refractivity contribution in [2.24, 2.45) is 0 Å². The van der Waals surface area contributed by atoms with Crippen LogP contribution in [0.15, 0.2) is 60.8 Å². The van der Waals surface area contributed by atoms with Gasteiger partial charge in [0.05, 0.1) is 13.2 Å². The van der Waals surface area contributed by atoms with E-state index in [9.17, 15) is 0 Å². The summed E-state index contributed by atoms with van der Waals surface area (Å²) in [5, 5.41) is 2.41. The maximum atomic E-state index is 5.70. The highest BCUT2D eigenvalue weighted by atomic mass is 16.7. The van der Waals surface area contributed by atoms with Gasteiger partial charge in [-0.3, -0.25) is 4.98 Å². The van der Waals surface area contributed by atoms with Crippen LogP contribution in [0.5, 0.6) is 0 Å². The zero-order valence-corrected chi connectivity index (χ0v) is 13.2. The monoisotopic (exact) mass is 305 g/mol. The van der Waals surface area contributed by atoms with Gasteiger partial charge in [-0.15, -0.1) is 0 Å². The molecule has 0 unspecified atom stereocenters. The molecule has 1 aromatic heterocycles. The first-order chi connectivity index (χ1) is 11.2. The lowest BCUT2D eigenvalue weighted by Gasteiger charge is -2.22. The highest BCUT2D eigenvalue weighted by molar-refractivity contribution is 5.81. The van der Waals surface area contributed by atoms with Crippen LogP contribution < -0.4 is 0 Å². The maximum absolute atomic E-state index is 5.70. The summed E-state index contributed by atoms with van der Waals surface area (Å²) >= 11 is 0. The van der Waals surface area contributed by atoms with Crippen molar-refractivity contribution in [3.05, 3.63) is 77.6 Å². The van der Waals surface area contributed by atoms with Gasteiger partial charge < -0.3 is 9.47 Å². The van der Waals surface area contributed by atoms with Gasteiger partial charge in [0.15, 0.2) is 5.79 Å². The fourth-order valence-electron chi connectivity index (χ4n) is 3.04. The van der Waals surface area contributed by atoms with Gasteiger partial charge in [-0.25, -0.2) is 0 Å². The number of hydrogen-bond acceptors (Lipinski definition) is 3. The van der Waals surface area contributed by atoms with E-state index < -0.39 is 5.79 Å². The van der Waals surface area contributed by atoms with Gasteiger partial charge in [-0.05, 0) is 23.9 Å². The molecule has 0 spiro atoms. The predicted molar refractivity (Wildman–Crippen MR) is 90.2 cm³/mol. The molecular weight excluding hydrogens is 286 g/mol. The average molecular weight is 305 g/mol. The van der Waals surface area contributed by atoms with E-state index in [2.05, 4.69) is 53.5 Å². The number of benzene rings is 2. The Kier molecular flexibility index (Phi) is 3.60. The third-order valence-electron chi connectivity index (χ3n) is 4.39. The van der Waals surface area contributed by atoms with Crippen LogP contribution in [0.3, 0.4) is 0 Å². The summed E-state index contributed by atoms with van der Waals surface area (Å²) in [6, 6.07) is 18.9. The normalized spacial score (nSPS) is 16.7. The number of ether oxygens (including phenoxy) is 2. The van der Waals surface area contributed by atoms with Gasteiger partial charge in [0.25, 0.3) is 0 Å². The predicted octanol–water partition coefficient (Wildman–Crippen LogP) is 4.05. The molecule has 1 saturated heterocycles. The SMILES string of the molecule is CC1(c2ccc(Cc3cc4ccccc4cn3)cc2)OCCO1. The molecular formula is C20H19NO2. The van der Waals surface area contributed by atoms with E-state index in [-0.39, 0.29) is 0 Å². The number of pyridine rings is 1. The smallest absolute Gasteiger partial charge is 0.192 e. The van der Waals surface area contributed by atoms with Crippen molar-refractivity contribution in [1.29, 1.82) is 0 Å². The molecule has 116 valence electrons. The Balaban J connectivity index is 1.56. The Morgan fingerprint density at radius 1 is 0.957 bits per heavy atom. The number of fused-ring (bicyclic) bond motifs is 1. The van der Waals surface area contributed by atoms with Crippen LogP contribution in [-0.2, 0) is 21.7 Å². The van der Waals surface area contributed by atoms with Gasteiger partial charge in [0.1, 0.15) is 0 Å². The topological polar surface area (TPSA) is 31.4 Å². The zero-order valence-electron chi connectivity index (χ0n) is 13.2. The molecule has 0 atom stereocenters. The molecule has 23 heavy (non-hydrogen) atoms. The van der Waals surface area contributed by atoms with Crippen LogP contribution in [0.25, 0.3) is 10.8 Å². The molecule has 1 aliphatic heterocycles. The molecule has 0 amide bonds. The third kappa shape index (κ3) is 2.85. The third-order valence-corrected chi connectivity index (χ3v) is 4.39. The maximum Gasteiger partial charge on any atom is 0.192 e. The lowest BCUT2D eigenvalue weighted by atomic mass is 10.0. The standard InChI is InChI=1S/C20H19NO2/c1-20(22-10-11-23-20)18-8-6-15(7-9-18)12-19-13-16-4-2-3-5-17(16)14-21-19/h2-9,13-14H,10-12H2,1H3. The Hall–Kier alpha value is -2.23. The van der Waals surface area contributed by atoms with Crippen LogP contribution in [0.2, 0.25) is 0 Å². The molecule has 0 N–H and O–H groups in total. The minimum absolute atomic E-state index is 0.597. The van der Waals surface area contributed by atoms with Crippen LogP contribution >= 0.6 is 0 Å². The second kappa shape index (κ2) is 5.76. The molecule has 0 aliphatic carbocycles. The van der Waals surface area contributed by atoms with E-state index in [0.29, 0.717) is 13.2 Å². The summed E-state index contributed by atoms with van der Waals surface area (Å²) in [6.07, 6.45) is 2.77. The number of rotatable bonds is 3. The Morgan fingerprint density at radius 3 is 2.39 bits per heavy atom. The van der Waals surface area contributed by atoms with E-state index in [1.54, 1.807) is 0 Å². The molecule has 1 aliphatic rings. The van der Waals surface area contributed by atoms with Gasteiger partial charge in [-0.2, -0.15) is 0 Å². The lowest BCUT2D eigenvalue weighted by Crippen LogP contribution is -2.22. The van der Waals surface area contributed by atoms with Crippen LogP contribution in [0.4, 0.5) is 0 Å². The molecule has 0 bridgehead atoms. The summed E-state index contributed by atoms with van der Waals surface area (Å²) in [5.41, 5.74) is 3.37. The molecule has 3 nitrogen and oxygen atoms in total. The summed E-state index contributed by atoms with van der Waals surface area (Å²) in [5.74, 6) is -0.597. The van der Waals surface area contributed by atoms with Gasteiger partial charge in [0, 0.05) is 29.3 Å². The number of hydrogen-bond donors (Lipinski definition) is 0. The summed E-state index contributed by atoms with van der Waals surface area (Å²) < 4.78 is 11.4. The first-order valence-electron chi connectivity index (χ1n) is 7.94. The molecule has 1 fully saturated rings. The minimum atomic E-state index is -0.597. The highest BCUT2D eigenvalue weighted by Crippen LogP contribution is 2.31. The van der Waals surface area contributed by atoms with Crippen LogP contribution in [0, 0.1) is 0 Å². The van der Waals surface area contributed by atoms with E-state index in [1.165, 1.54) is 16.3 Å². The Morgan fingerprint density at radius 2 is 1.65 bits per heavy atom. The lowest BCUT2D eigenvalue weighted by molar-refractivity contribution is -0.149. The van der Waals surface area contributed by atoms with E-state index in [0.717, 1.165) is 17.7 Å². The van der Waals surface area contributed by atoms with E-state index >= 15 is 0 Å². The van der Waals surface area contributed by atoms with Crippen molar-refractivity contribution < 1.29 is 9.47 Å². The number of aromatic nitrogens is 1. The van der Waals surface area contributed by atoms with Crippen molar-refractivity contribution in [1.82, 2.24) is 4.98 Å². The average Bonchev–Trinajstić information content (AvgIpc) is 3.03.